The van der Waals surface area contributed by atoms with Gasteiger partial charge in [-0.05, 0) is 49.2 Å². The van der Waals surface area contributed by atoms with Gasteiger partial charge in [0, 0.05) is 5.69 Å². The highest BCUT2D eigenvalue weighted by molar-refractivity contribution is 5.95. The summed E-state index contributed by atoms with van der Waals surface area (Å²) in [4.78, 5) is 11.2. The molecule has 2 aromatic rings. The minimum atomic E-state index is -1.02. The van der Waals surface area contributed by atoms with Crippen LogP contribution in [0.5, 0.6) is 0 Å². The van der Waals surface area contributed by atoms with E-state index in [2.05, 4.69) is 5.32 Å². The van der Waals surface area contributed by atoms with Crippen molar-refractivity contribution in [2.75, 3.05) is 5.32 Å². The molecule has 4 heteroatoms. The van der Waals surface area contributed by atoms with Crippen molar-refractivity contribution in [1.29, 1.82) is 0 Å². The van der Waals surface area contributed by atoms with Crippen LogP contribution in [-0.4, -0.2) is 11.1 Å². The Hall–Kier alpha value is -2.36. The van der Waals surface area contributed by atoms with E-state index in [1.54, 1.807) is 18.2 Å². The minimum absolute atomic E-state index is 0.161. The van der Waals surface area contributed by atoms with Gasteiger partial charge in [0.25, 0.3) is 0 Å². The van der Waals surface area contributed by atoms with E-state index < -0.39 is 5.97 Å². The van der Waals surface area contributed by atoms with Crippen molar-refractivity contribution < 1.29 is 14.3 Å². The molecule has 0 spiro atoms. The number of carbonyl (C=O) groups is 1. The molecule has 2 aromatic carbocycles. The lowest BCUT2D eigenvalue weighted by Crippen LogP contribution is -2.04. The molecule has 0 aliphatic carbocycles. The fourth-order valence-electron chi connectivity index (χ4n) is 1.82. The Balaban J connectivity index is 2.45. The highest BCUT2D eigenvalue weighted by atomic mass is 19.1. The second-order valence-corrected chi connectivity index (χ2v) is 4.44. The van der Waals surface area contributed by atoms with Gasteiger partial charge < -0.3 is 10.4 Å². The summed E-state index contributed by atoms with van der Waals surface area (Å²) in [6, 6.07) is 9.36. The molecule has 0 fully saturated rings. The van der Waals surface area contributed by atoms with Crippen LogP contribution in [0.4, 0.5) is 15.8 Å². The van der Waals surface area contributed by atoms with E-state index in [1.165, 1.54) is 18.2 Å². The van der Waals surface area contributed by atoms with E-state index >= 15 is 0 Å². The predicted molar refractivity (Wildman–Crippen MR) is 72.6 cm³/mol. The van der Waals surface area contributed by atoms with Gasteiger partial charge in [-0.2, -0.15) is 0 Å². The normalized spacial score (nSPS) is 10.3. The maximum Gasteiger partial charge on any atom is 0.337 e. The topological polar surface area (TPSA) is 49.3 Å². The Morgan fingerprint density at radius 1 is 1.11 bits per heavy atom. The molecule has 0 aliphatic rings. The zero-order chi connectivity index (χ0) is 14.0. The zero-order valence-corrected chi connectivity index (χ0v) is 10.7. The van der Waals surface area contributed by atoms with Crippen molar-refractivity contribution in [3.63, 3.8) is 0 Å². The molecule has 0 atom stereocenters. The Bertz CT molecular complexity index is 638. The molecule has 0 saturated heterocycles. The van der Waals surface area contributed by atoms with E-state index in [-0.39, 0.29) is 11.4 Å². The van der Waals surface area contributed by atoms with Crippen LogP contribution in [0.15, 0.2) is 36.4 Å². The Kier molecular flexibility index (Phi) is 3.51. The fourth-order valence-corrected chi connectivity index (χ4v) is 1.82. The van der Waals surface area contributed by atoms with Gasteiger partial charge in [0.1, 0.15) is 5.82 Å². The summed E-state index contributed by atoms with van der Waals surface area (Å²) < 4.78 is 13.2. The molecule has 0 heterocycles. The number of anilines is 2. The lowest BCUT2D eigenvalue weighted by Gasteiger charge is -2.12. The van der Waals surface area contributed by atoms with Crippen LogP contribution in [0.1, 0.15) is 21.5 Å². The quantitative estimate of drug-likeness (QED) is 0.879. The Morgan fingerprint density at radius 2 is 1.84 bits per heavy atom. The summed E-state index contributed by atoms with van der Waals surface area (Å²) in [5.74, 6) is -1.38. The third kappa shape index (κ3) is 2.91. The van der Waals surface area contributed by atoms with Gasteiger partial charge in [0.15, 0.2) is 0 Å². The number of nitrogens with one attached hydrogen (secondary N) is 1. The first kappa shape index (κ1) is 13.1. The monoisotopic (exact) mass is 259 g/mol. The Morgan fingerprint density at radius 3 is 2.53 bits per heavy atom. The first-order valence-corrected chi connectivity index (χ1v) is 5.84. The average molecular weight is 259 g/mol. The van der Waals surface area contributed by atoms with Gasteiger partial charge in [-0.25, -0.2) is 9.18 Å². The lowest BCUT2D eigenvalue weighted by molar-refractivity contribution is 0.0698. The molecule has 19 heavy (non-hydrogen) atoms. The van der Waals surface area contributed by atoms with Gasteiger partial charge in [-0.15, -0.1) is 0 Å². The number of hydrogen-bond donors (Lipinski definition) is 2. The number of halogens is 1. The van der Waals surface area contributed by atoms with Crippen LogP contribution in [0.25, 0.3) is 0 Å². The second-order valence-electron chi connectivity index (χ2n) is 4.44. The molecule has 0 unspecified atom stereocenters. The van der Waals surface area contributed by atoms with Crippen molar-refractivity contribution >= 4 is 17.3 Å². The molecule has 0 saturated carbocycles. The third-order valence-corrected chi connectivity index (χ3v) is 2.87. The summed E-state index contributed by atoms with van der Waals surface area (Å²) >= 11 is 0. The lowest BCUT2D eigenvalue weighted by atomic mass is 10.1. The maximum absolute atomic E-state index is 13.2. The van der Waals surface area contributed by atoms with Crippen molar-refractivity contribution in [3.05, 3.63) is 58.9 Å². The predicted octanol–water partition coefficient (Wildman–Crippen LogP) is 3.88. The molecule has 0 radical (unpaired) electrons. The van der Waals surface area contributed by atoms with Gasteiger partial charge in [0.05, 0.1) is 11.3 Å². The standard InChI is InChI=1S/C15H14FNO2/c1-9-3-6-12(15(18)19)14(7-9)17-13-8-11(16)5-4-10(13)2/h3-8,17H,1-2H3,(H,18,19). The van der Waals surface area contributed by atoms with E-state index in [1.807, 2.05) is 13.8 Å². The number of carboxylic acids is 1. The minimum Gasteiger partial charge on any atom is -0.478 e. The third-order valence-electron chi connectivity index (χ3n) is 2.87. The summed E-state index contributed by atoms with van der Waals surface area (Å²) in [5.41, 5.74) is 2.96. The van der Waals surface area contributed by atoms with Gasteiger partial charge in [-0.3, -0.25) is 0 Å². The molecule has 0 aromatic heterocycles. The first-order chi connectivity index (χ1) is 8.97. The number of benzene rings is 2. The smallest absolute Gasteiger partial charge is 0.337 e. The summed E-state index contributed by atoms with van der Waals surface area (Å²) in [6.07, 6.45) is 0. The molecular formula is C15H14FNO2. The molecule has 0 aliphatic heterocycles. The number of carboxylic acid groups (broad SMARTS) is 1. The number of rotatable bonds is 3. The zero-order valence-electron chi connectivity index (χ0n) is 10.7. The van der Waals surface area contributed by atoms with Crippen molar-refractivity contribution in [2.45, 2.75) is 13.8 Å². The Labute approximate surface area is 110 Å². The maximum atomic E-state index is 13.2. The van der Waals surface area contributed by atoms with Crippen molar-refractivity contribution in [2.24, 2.45) is 0 Å². The van der Waals surface area contributed by atoms with Gasteiger partial charge in [0.2, 0.25) is 0 Å². The molecule has 2 rings (SSSR count). The summed E-state index contributed by atoms with van der Waals surface area (Å²) in [5, 5.41) is 12.1. The van der Waals surface area contributed by atoms with Crippen LogP contribution in [0.2, 0.25) is 0 Å². The SMILES string of the molecule is Cc1ccc(C(=O)O)c(Nc2cc(F)ccc2C)c1. The van der Waals surface area contributed by atoms with Crippen molar-refractivity contribution in [3.8, 4) is 0 Å². The molecule has 98 valence electrons. The first-order valence-electron chi connectivity index (χ1n) is 5.84. The largest absolute Gasteiger partial charge is 0.478 e. The van der Waals surface area contributed by atoms with Crippen LogP contribution >= 0.6 is 0 Å². The summed E-state index contributed by atoms with van der Waals surface area (Å²) in [6.45, 7) is 3.70. The average Bonchev–Trinajstić information content (AvgIpc) is 2.33. The van der Waals surface area contributed by atoms with Crippen LogP contribution < -0.4 is 5.32 Å². The number of aromatic carboxylic acids is 1. The van der Waals surface area contributed by atoms with Crippen molar-refractivity contribution in [1.82, 2.24) is 0 Å². The van der Waals surface area contributed by atoms with E-state index in [0.717, 1.165) is 11.1 Å². The molecular weight excluding hydrogens is 245 g/mol. The summed E-state index contributed by atoms with van der Waals surface area (Å²) in [7, 11) is 0. The van der Waals surface area contributed by atoms with Crippen LogP contribution in [0.3, 0.4) is 0 Å². The van der Waals surface area contributed by atoms with Gasteiger partial charge in [-0.1, -0.05) is 12.1 Å². The van der Waals surface area contributed by atoms with E-state index in [0.29, 0.717) is 11.4 Å². The number of aryl methyl sites for hydroxylation is 2. The highest BCUT2D eigenvalue weighted by Crippen LogP contribution is 2.25. The van der Waals surface area contributed by atoms with Crippen LogP contribution in [-0.2, 0) is 0 Å². The molecule has 3 nitrogen and oxygen atoms in total. The molecule has 0 amide bonds. The van der Waals surface area contributed by atoms with Gasteiger partial charge >= 0.3 is 5.97 Å². The van der Waals surface area contributed by atoms with E-state index in [4.69, 9.17) is 5.11 Å². The van der Waals surface area contributed by atoms with E-state index in [9.17, 15) is 9.18 Å². The highest BCUT2D eigenvalue weighted by Gasteiger charge is 2.11. The number of hydrogen-bond acceptors (Lipinski definition) is 2. The fraction of sp³-hybridized carbons (Fsp3) is 0.133. The molecule has 2 N–H and O–H groups in total. The molecule has 0 bridgehead atoms. The van der Waals surface area contributed by atoms with Crippen LogP contribution in [0, 0.1) is 19.7 Å². The second kappa shape index (κ2) is 5.10.